The summed E-state index contributed by atoms with van der Waals surface area (Å²) in [4.78, 5) is 8.83. The van der Waals surface area contributed by atoms with Crippen molar-refractivity contribution < 1.29 is 4.74 Å². The highest BCUT2D eigenvalue weighted by Crippen LogP contribution is 2.29. The third-order valence-electron chi connectivity index (χ3n) is 3.59. The zero-order chi connectivity index (χ0) is 13.7. The molecule has 19 heavy (non-hydrogen) atoms. The molecule has 1 aliphatic heterocycles. The first kappa shape index (κ1) is 14.1. The molecule has 1 aromatic rings. The molecule has 0 spiro atoms. The molecule has 0 atom stereocenters. The Morgan fingerprint density at radius 1 is 1.26 bits per heavy atom. The summed E-state index contributed by atoms with van der Waals surface area (Å²) in [6.45, 7) is 9.83. The summed E-state index contributed by atoms with van der Waals surface area (Å²) in [5.74, 6) is 1.60. The Bertz CT molecular complexity index is 416. The van der Waals surface area contributed by atoms with Gasteiger partial charge in [0.15, 0.2) is 0 Å². The Labute approximate surface area is 115 Å². The largest absolute Gasteiger partial charge is 0.381 e. The number of nitrogens with one attached hydrogen (secondary N) is 2. The van der Waals surface area contributed by atoms with Crippen LogP contribution in [-0.4, -0.2) is 36.3 Å². The molecule has 1 saturated heterocycles. The summed E-state index contributed by atoms with van der Waals surface area (Å²) in [5, 5.41) is 6.60. The monoisotopic (exact) mass is 264 g/mol. The second-order valence-electron chi connectivity index (χ2n) is 5.53. The summed E-state index contributed by atoms with van der Waals surface area (Å²) in [7, 11) is 0. The van der Waals surface area contributed by atoms with Crippen LogP contribution in [0.4, 0.5) is 11.8 Å². The van der Waals surface area contributed by atoms with Gasteiger partial charge in [-0.15, -0.1) is 0 Å². The Morgan fingerprint density at radius 3 is 2.68 bits per heavy atom. The van der Waals surface area contributed by atoms with Gasteiger partial charge in [-0.25, -0.2) is 4.98 Å². The first-order valence-electron chi connectivity index (χ1n) is 7.02. The van der Waals surface area contributed by atoms with Crippen molar-refractivity contribution >= 4 is 11.8 Å². The quantitative estimate of drug-likeness (QED) is 0.855. The second kappa shape index (κ2) is 6.19. The molecule has 1 fully saturated rings. The van der Waals surface area contributed by atoms with E-state index in [-0.39, 0.29) is 0 Å². The molecule has 0 aromatic carbocycles. The molecule has 1 aromatic heterocycles. The summed E-state index contributed by atoms with van der Waals surface area (Å²) >= 11 is 0. The van der Waals surface area contributed by atoms with Gasteiger partial charge >= 0.3 is 0 Å². The van der Waals surface area contributed by atoms with Crippen molar-refractivity contribution in [2.24, 2.45) is 5.41 Å². The highest BCUT2D eigenvalue weighted by atomic mass is 16.5. The van der Waals surface area contributed by atoms with E-state index < -0.39 is 0 Å². The summed E-state index contributed by atoms with van der Waals surface area (Å²) in [6, 6.07) is 1.99. The van der Waals surface area contributed by atoms with Crippen LogP contribution in [0.3, 0.4) is 0 Å². The molecule has 0 radical (unpaired) electrons. The van der Waals surface area contributed by atoms with Gasteiger partial charge in [-0.3, -0.25) is 0 Å². The molecule has 5 nitrogen and oxygen atoms in total. The normalized spacial score (nSPS) is 18.1. The van der Waals surface area contributed by atoms with Gasteiger partial charge in [0.2, 0.25) is 5.95 Å². The van der Waals surface area contributed by atoms with E-state index in [9.17, 15) is 0 Å². The number of hydrogen-bond acceptors (Lipinski definition) is 5. The number of nitrogens with zero attached hydrogens (tertiary/aromatic N) is 2. The Kier molecular flexibility index (Phi) is 4.58. The van der Waals surface area contributed by atoms with Crippen LogP contribution in [0.2, 0.25) is 0 Å². The standard InChI is InChI=1S/C14H24N4O/c1-4-15-13-17-11(2)9-12(18-13)16-10-14(3)5-7-19-8-6-14/h9H,4-8,10H2,1-3H3,(H2,15,16,17,18). The molecule has 106 valence electrons. The van der Waals surface area contributed by atoms with E-state index in [0.29, 0.717) is 11.4 Å². The minimum absolute atomic E-state index is 0.301. The fourth-order valence-electron chi connectivity index (χ4n) is 2.24. The van der Waals surface area contributed by atoms with E-state index in [1.807, 2.05) is 19.9 Å². The lowest BCUT2D eigenvalue weighted by Crippen LogP contribution is -2.33. The molecule has 0 saturated carbocycles. The molecule has 2 rings (SSSR count). The van der Waals surface area contributed by atoms with Gasteiger partial charge in [0.1, 0.15) is 5.82 Å². The number of ether oxygens (including phenoxy) is 1. The van der Waals surface area contributed by atoms with Crippen molar-refractivity contribution in [2.45, 2.75) is 33.6 Å². The van der Waals surface area contributed by atoms with Gasteiger partial charge in [-0.1, -0.05) is 6.92 Å². The van der Waals surface area contributed by atoms with Gasteiger partial charge in [0.25, 0.3) is 0 Å². The van der Waals surface area contributed by atoms with Crippen LogP contribution in [0.25, 0.3) is 0 Å². The minimum atomic E-state index is 0.301. The lowest BCUT2D eigenvalue weighted by molar-refractivity contribution is 0.0300. The number of hydrogen-bond donors (Lipinski definition) is 2. The van der Waals surface area contributed by atoms with Crippen LogP contribution >= 0.6 is 0 Å². The number of aromatic nitrogens is 2. The number of aryl methyl sites for hydroxylation is 1. The van der Waals surface area contributed by atoms with Crippen LogP contribution < -0.4 is 10.6 Å². The van der Waals surface area contributed by atoms with E-state index >= 15 is 0 Å². The van der Waals surface area contributed by atoms with Gasteiger partial charge in [-0.05, 0) is 32.1 Å². The number of anilines is 2. The third kappa shape index (κ3) is 4.06. The van der Waals surface area contributed by atoms with Crippen molar-refractivity contribution in [2.75, 3.05) is 36.9 Å². The van der Waals surface area contributed by atoms with Crippen molar-refractivity contribution in [3.8, 4) is 0 Å². The predicted octanol–water partition coefficient (Wildman–Crippen LogP) is 2.45. The molecule has 0 aliphatic carbocycles. The molecular formula is C14H24N4O. The maximum atomic E-state index is 5.42. The molecule has 5 heteroatoms. The van der Waals surface area contributed by atoms with Gasteiger partial charge in [-0.2, -0.15) is 4.98 Å². The summed E-state index contributed by atoms with van der Waals surface area (Å²) in [6.07, 6.45) is 2.20. The summed E-state index contributed by atoms with van der Waals surface area (Å²) in [5.41, 5.74) is 1.28. The van der Waals surface area contributed by atoms with Crippen molar-refractivity contribution in [3.63, 3.8) is 0 Å². The van der Waals surface area contributed by atoms with Crippen molar-refractivity contribution in [1.29, 1.82) is 0 Å². The molecular weight excluding hydrogens is 240 g/mol. The van der Waals surface area contributed by atoms with E-state index in [1.165, 1.54) is 0 Å². The van der Waals surface area contributed by atoms with Crippen molar-refractivity contribution in [3.05, 3.63) is 11.8 Å². The minimum Gasteiger partial charge on any atom is -0.381 e. The Balaban J connectivity index is 1.98. The average Bonchev–Trinajstić information content (AvgIpc) is 2.37. The Morgan fingerprint density at radius 2 is 2.00 bits per heavy atom. The van der Waals surface area contributed by atoms with E-state index in [2.05, 4.69) is 27.5 Å². The first-order chi connectivity index (χ1) is 9.11. The molecule has 0 unspecified atom stereocenters. The van der Waals surface area contributed by atoms with E-state index in [1.54, 1.807) is 0 Å². The zero-order valence-corrected chi connectivity index (χ0v) is 12.1. The molecule has 0 bridgehead atoms. The number of rotatable bonds is 5. The topological polar surface area (TPSA) is 59.1 Å². The van der Waals surface area contributed by atoms with E-state index in [4.69, 9.17) is 4.74 Å². The van der Waals surface area contributed by atoms with Crippen LogP contribution in [0, 0.1) is 12.3 Å². The predicted molar refractivity (Wildman–Crippen MR) is 77.6 cm³/mol. The van der Waals surface area contributed by atoms with Crippen molar-refractivity contribution in [1.82, 2.24) is 9.97 Å². The lowest BCUT2D eigenvalue weighted by atomic mass is 9.82. The highest BCUT2D eigenvalue weighted by molar-refractivity contribution is 5.42. The maximum absolute atomic E-state index is 5.42. The highest BCUT2D eigenvalue weighted by Gasteiger charge is 2.27. The lowest BCUT2D eigenvalue weighted by Gasteiger charge is -2.33. The van der Waals surface area contributed by atoms with E-state index in [0.717, 1.165) is 50.7 Å². The fourth-order valence-corrected chi connectivity index (χ4v) is 2.24. The van der Waals surface area contributed by atoms with Crippen LogP contribution in [0.1, 0.15) is 32.4 Å². The van der Waals surface area contributed by atoms with Gasteiger partial charge in [0.05, 0.1) is 0 Å². The molecule has 2 heterocycles. The second-order valence-corrected chi connectivity index (χ2v) is 5.53. The average molecular weight is 264 g/mol. The molecule has 1 aliphatic rings. The SMILES string of the molecule is CCNc1nc(C)cc(NCC2(C)CCOCC2)n1. The molecule has 2 N–H and O–H groups in total. The Hall–Kier alpha value is -1.36. The fraction of sp³-hybridized carbons (Fsp3) is 0.714. The van der Waals surface area contributed by atoms with Crippen LogP contribution in [0.5, 0.6) is 0 Å². The summed E-state index contributed by atoms with van der Waals surface area (Å²) < 4.78 is 5.42. The van der Waals surface area contributed by atoms with Gasteiger partial charge < -0.3 is 15.4 Å². The van der Waals surface area contributed by atoms with Crippen LogP contribution in [0.15, 0.2) is 6.07 Å². The third-order valence-corrected chi connectivity index (χ3v) is 3.59. The zero-order valence-electron chi connectivity index (χ0n) is 12.1. The first-order valence-corrected chi connectivity index (χ1v) is 7.02. The molecule has 0 amide bonds. The smallest absolute Gasteiger partial charge is 0.224 e. The maximum Gasteiger partial charge on any atom is 0.224 e. The van der Waals surface area contributed by atoms with Crippen LogP contribution in [-0.2, 0) is 4.74 Å². The van der Waals surface area contributed by atoms with Gasteiger partial charge in [0, 0.05) is 38.1 Å².